The lowest BCUT2D eigenvalue weighted by molar-refractivity contribution is -0.132. The van der Waals surface area contributed by atoms with E-state index in [-0.39, 0.29) is 11.9 Å². The summed E-state index contributed by atoms with van der Waals surface area (Å²) >= 11 is 0. The number of piperazine rings is 1. The molecule has 1 saturated heterocycles. The molecule has 2 aliphatic rings. The van der Waals surface area contributed by atoms with Gasteiger partial charge in [0.25, 0.3) is 0 Å². The van der Waals surface area contributed by atoms with E-state index in [4.69, 9.17) is 0 Å². The van der Waals surface area contributed by atoms with E-state index in [0.717, 1.165) is 25.7 Å². The van der Waals surface area contributed by atoms with Crippen molar-refractivity contribution < 1.29 is 9.59 Å². The monoisotopic (exact) mass is 357 g/mol. The molecule has 0 radical (unpaired) electrons. The van der Waals surface area contributed by atoms with E-state index in [1.807, 2.05) is 9.80 Å². The first-order valence-corrected chi connectivity index (χ1v) is 10.1. The fourth-order valence-electron chi connectivity index (χ4n) is 3.85. The first-order chi connectivity index (χ1) is 12.7. The van der Waals surface area contributed by atoms with Crippen molar-refractivity contribution in [2.45, 2.75) is 57.9 Å². The van der Waals surface area contributed by atoms with Crippen molar-refractivity contribution in [3.8, 4) is 0 Å². The molecule has 3 rings (SSSR count). The maximum absolute atomic E-state index is 12.5. The molecule has 2 fully saturated rings. The Kier molecular flexibility index (Phi) is 6.53. The van der Waals surface area contributed by atoms with Crippen molar-refractivity contribution in [2.24, 2.45) is 0 Å². The van der Waals surface area contributed by atoms with Gasteiger partial charge in [-0.05, 0) is 36.8 Å². The molecule has 1 saturated carbocycles. The Bertz CT molecular complexity index is 600. The van der Waals surface area contributed by atoms with Gasteiger partial charge in [-0.1, -0.05) is 44.0 Å². The third-order valence-corrected chi connectivity index (χ3v) is 5.66. The normalized spacial score (nSPS) is 18.2. The van der Waals surface area contributed by atoms with Gasteiger partial charge in [0.05, 0.1) is 0 Å². The average Bonchev–Trinajstić information content (AvgIpc) is 3.19. The summed E-state index contributed by atoms with van der Waals surface area (Å²) in [5, 5.41) is 3.13. The molecule has 1 aliphatic carbocycles. The number of hydrogen-bond acceptors (Lipinski definition) is 2. The van der Waals surface area contributed by atoms with E-state index in [9.17, 15) is 9.59 Å². The van der Waals surface area contributed by atoms with Crippen LogP contribution in [0.3, 0.4) is 0 Å². The van der Waals surface area contributed by atoms with Crippen LogP contribution in [0.5, 0.6) is 0 Å². The summed E-state index contributed by atoms with van der Waals surface area (Å²) < 4.78 is 0. The van der Waals surface area contributed by atoms with Crippen molar-refractivity contribution in [2.75, 3.05) is 26.2 Å². The molecule has 5 nitrogen and oxygen atoms in total. The van der Waals surface area contributed by atoms with Gasteiger partial charge < -0.3 is 15.1 Å². The third kappa shape index (κ3) is 4.99. The second kappa shape index (κ2) is 9.06. The minimum absolute atomic E-state index is 0.0417. The molecule has 5 heteroatoms. The average molecular weight is 357 g/mol. The van der Waals surface area contributed by atoms with Crippen LogP contribution in [0.4, 0.5) is 4.79 Å². The van der Waals surface area contributed by atoms with Gasteiger partial charge in [0, 0.05) is 38.6 Å². The van der Waals surface area contributed by atoms with Crippen LogP contribution in [-0.4, -0.2) is 54.0 Å². The molecule has 1 aromatic rings. The minimum atomic E-state index is 0.0417. The number of nitrogens with one attached hydrogen (secondary N) is 1. The number of aryl methyl sites for hydroxylation is 2. The second-order valence-corrected chi connectivity index (χ2v) is 7.47. The van der Waals surface area contributed by atoms with Gasteiger partial charge in [0.2, 0.25) is 5.91 Å². The largest absolute Gasteiger partial charge is 0.339 e. The van der Waals surface area contributed by atoms with E-state index in [1.165, 1.54) is 24.0 Å². The Hall–Kier alpha value is -2.04. The number of carbonyl (C=O) groups is 2. The van der Waals surface area contributed by atoms with Gasteiger partial charge in [-0.15, -0.1) is 0 Å². The summed E-state index contributed by atoms with van der Waals surface area (Å²) in [6, 6.07) is 8.92. The van der Waals surface area contributed by atoms with Gasteiger partial charge >= 0.3 is 6.03 Å². The van der Waals surface area contributed by atoms with Crippen molar-refractivity contribution in [1.82, 2.24) is 15.1 Å². The van der Waals surface area contributed by atoms with Crippen LogP contribution < -0.4 is 5.32 Å². The smallest absolute Gasteiger partial charge is 0.317 e. The standard InChI is InChI=1S/C21H31N3O2/c1-2-17-7-9-18(10-8-17)11-12-20(25)23-13-15-24(16-14-23)21(26)22-19-5-3-4-6-19/h7-10,19H,2-6,11-16H2,1H3,(H,22,26). The number of carbonyl (C=O) groups excluding carboxylic acids is 2. The molecule has 0 aromatic heterocycles. The summed E-state index contributed by atoms with van der Waals surface area (Å²) in [5.74, 6) is 0.195. The summed E-state index contributed by atoms with van der Waals surface area (Å²) in [6.07, 6.45) is 7.00. The number of hydrogen-bond donors (Lipinski definition) is 1. The number of amides is 3. The van der Waals surface area contributed by atoms with Crippen LogP contribution in [0.2, 0.25) is 0 Å². The molecule has 3 amide bonds. The van der Waals surface area contributed by atoms with Crippen LogP contribution in [-0.2, 0) is 17.6 Å². The zero-order valence-corrected chi connectivity index (χ0v) is 15.9. The maximum atomic E-state index is 12.5. The molecule has 0 bridgehead atoms. The number of benzene rings is 1. The van der Waals surface area contributed by atoms with Crippen LogP contribution in [0.15, 0.2) is 24.3 Å². The fourth-order valence-corrected chi connectivity index (χ4v) is 3.85. The predicted octanol–water partition coefficient (Wildman–Crippen LogP) is 2.98. The number of nitrogens with zero attached hydrogens (tertiary/aromatic N) is 2. The van der Waals surface area contributed by atoms with E-state index < -0.39 is 0 Å². The second-order valence-electron chi connectivity index (χ2n) is 7.47. The van der Waals surface area contributed by atoms with E-state index in [0.29, 0.717) is 38.6 Å². The van der Waals surface area contributed by atoms with Crippen LogP contribution in [0.1, 0.15) is 50.2 Å². The Balaban J connectivity index is 1.39. The highest BCUT2D eigenvalue weighted by molar-refractivity contribution is 5.78. The molecule has 1 heterocycles. The summed E-state index contributed by atoms with van der Waals surface area (Å²) in [6.45, 7) is 4.70. The summed E-state index contributed by atoms with van der Waals surface area (Å²) in [4.78, 5) is 28.5. The fraction of sp³-hybridized carbons (Fsp3) is 0.619. The Labute approximate surface area is 156 Å². The number of urea groups is 1. The van der Waals surface area contributed by atoms with Gasteiger partial charge in [0.15, 0.2) is 0 Å². The predicted molar refractivity (Wildman–Crippen MR) is 103 cm³/mol. The third-order valence-electron chi connectivity index (χ3n) is 5.66. The molecule has 26 heavy (non-hydrogen) atoms. The van der Waals surface area contributed by atoms with Crippen LogP contribution >= 0.6 is 0 Å². The lowest BCUT2D eigenvalue weighted by atomic mass is 10.1. The first-order valence-electron chi connectivity index (χ1n) is 10.1. The van der Waals surface area contributed by atoms with Crippen molar-refractivity contribution in [3.63, 3.8) is 0 Å². The summed E-state index contributed by atoms with van der Waals surface area (Å²) in [7, 11) is 0. The Morgan fingerprint density at radius 2 is 1.54 bits per heavy atom. The molecule has 1 aromatic carbocycles. The molecule has 142 valence electrons. The molecule has 1 aliphatic heterocycles. The van der Waals surface area contributed by atoms with Gasteiger partial charge in [-0.2, -0.15) is 0 Å². The zero-order valence-electron chi connectivity index (χ0n) is 15.9. The van der Waals surface area contributed by atoms with E-state index in [2.05, 4.69) is 36.5 Å². The quantitative estimate of drug-likeness (QED) is 0.881. The molecule has 0 atom stereocenters. The molecular formula is C21H31N3O2. The van der Waals surface area contributed by atoms with E-state index in [1.54, 1.807) is 0 Å². The highest BCUT2D eigenvalue weighted by Gasteiger charge is 2.26. The lowest BCUT2D eigenvalue weighted by Crippen LogP contribution is -2.54. The van der Waals surface area contributed by atoms with Crippen molar-refractivity contribution >= 4 is 11.9 Å². The van der Waals surface area contributed by atoms with Crippen LogP contribution in [0.25, 0.3) is 0 Å². The first kappa shape index (κ1) is 18.7. The van der Waals surface area contributed by atoms with Gasteiger partial charge in [0.1, 0.15) is 0 Å². The SMILES string of the molecule is CCc1ccc(CCC(=O)N2CCN(C(=O)NC3CCCC3)CC2)cc1. The Morgan fingerprint density at radius 1 is 0.962 bits per heavy atom. The molecule has 0 unspecified atom stereocenters. The topological polar surface area (TPSA) is 52.7 Å². The summed E-state index contributed by atoms with van der Waals surface area (Å²) in [5.41, 5.74) is 2.54. The van der Waals surface area contributed by atoms with Crippen molar-refractivity contribution in [3.05, 3.63) is 35.4 Å². The molecule has 1 N–H and O–H groups in total. The number of rotatable bonds is 5. The highest BCUT2D eigenvalue weighted by Crippen LogP contribution is 2.18. The lowest BCUT2D eigenvalue weighted by Gasteiger charge is -2.35. The molecule has 0 spiro atoms. The molecular weight excluding hydrogens is 326 g/mol. The highest BCUT2D eigenvalue weighted by atomic mass is 16.2. The van der Waals surface area contributed by atoms with Gasteiger partial charge in [-0.25, -0.2) is 4.79 Å². The zero-order chi connectivity index (χ0) is 18.4. The van der Waals surface area contributed by atoms with E-state index >= 15 is 0 Å². The van der Waals surface area contributed by atoms with Crippen LogP contribution in [0, 0.1) is 0 Å². The van der Waals surface area contributed by atoms with Gasteiger partial charge in [-0.3, -0.25) is 4.79 Å². The Morgan fingerprint density at radius 3 is 2.15 bits per heavy atom. The maximum Gasteiger partial charge on any atom is 0.317 e. The van der Waals surface area contributed by atoms with Crippen molar-refractivity contribution in [1.29, 1.82) is 0 Å². The minimum Gasteiger partial charge on any atom is -0.339 e.